The normalized spacial score (nSPS) is 16.6. The number of benzene rings is 1. The summed E-state index contributed by atoms with van der Waals surface area (Å²) >= 11 is 0. The summed E-state index contributed by atoms with van der Waals surface area (Å²) in [7, 11) is 1.77. The minimum absolute atomic E-state index is 0.882. The van der Waals surface area contributed by atoms with Gasteiger partial charge in [0.1, 0.15) is 5.75 Å². The van der Waals surface area contributed by atoms with E-state index in [0.29, 0.717) is 0 Å². The van der Waals surface area contributed by atoms with Gasteiger partial charge in [-0.05, 0) is 44.4 Å². The molecule has 1 aromatic carbocycles. The number of hydrogen-bond acceptors (Lipinski definition) is 3. The monoisotopic (exact) mass is 263 g/mol. The molecule has 0 spiro atoms. The molecule has 0 aromatic heterocycles. The van der Waals surface area contributed by atoms with Crippen LogP contribution in [0, 0.1) is 13.8 Å². The molecule has 0 radical (unpaired) electrons. The first kappa shape index (κ1) is 14.4. The first-order chi connectivity index (χ1) is 9.20. The molecular formula is C16H25NO2. The number of rotatable bonds is 5. The largest absolute Gasteiger partial charge is 0.496 e. The SMILES string of the molecule is COc1c(C)cc(C)cc1CCCN1CCOCC1. The standard InChI is InChI=1S/C16H25NO2/c1-13-11-14(2)16(18-3)15(12-13)5-4-6-17-7-9-19-10-8-17/h11-12H,4-10H2,1-3H3. The van der Waals surface area contributed by atoms with Crippen molar-refractivity contribution in [2.24, 2.45) is 0 Å². The van der Waals surface area contributed by atoms with Crippen LogP contribution in [0.3, 0.4) is 0 Å². The third-order valence-electron chi connectivity index (χ3n) is 3.72. The molecule has 0 unspecified atom stereocenters. The Labute approximate surface area is 116 Å². The molecular weight excluding hydrogens is 238 g/mol. The van der Waals surface area contributed by atoms with Crippen molar-refractivity contribution < 1.29 is 9.47 Å². The van der Waals surface area contributed by atoms with Gasteiger partial charge in [-0.25, -0.2) is 0 Å². The molecule has 2 rings (SSSR count). The van der Waals surface area contributed by atoms with Gasteiger partial charge in [0, 0.05) is 13.1 Å². The third kappa shape index (κ3) is 3.95. The van der Waals surface area contributed by atoms with Gasteiger partial charge in [-0.15, -0.1) is 0 Å². The second kappa shape index (κ2) is 6.92. The fourth-order valence-corrected chi connectivity index (χ4v) is 2.84. The van der Waals surface area contributed by atoms with Gasteiger partial charge >= 0.3 is 0 Å². The number of hydrogen-bond donors (Lipinski definition) is 0. The van der Waals surface area contributed by atoms with Crippen molar-refractivity contribution in [3.05, 3.63) is 28.8 Å². The summed E-state index contributed by atoms with van der Waals surface area (Å²) in [6.07, 6.45) is 2.27. The summed E-state index contributed by atoms with van der Waals surface area (Å²) in [6, 6.07) is 4.44. The molecule has 0 bridgehead atoms. The molecule has 3 heteroatoms. The molecule has 106 valence electrons. The molecule has 1 aromatic rings. The molecule has 1 saturated heterocycles. The van der Waals surface area contributed by atoms with Crippen molar-refractivity contribution in [2.45, 2.75) is 26.7 Å². The zero-order valence-corrected chi connectivity index (χ0v) is 12.4. The maximum Gasteiger partial charge on any atom is 0.124 e. The molecule has 3 nitrogen and oxygen atoms in total. The Morgan fingerprint density at radius 1 is 1.21 bits per heavy atom. The van der Waals surface area contributed by atoms with Gasteiger partial charge in [0.2, 0.25) is 0 Å². The predicted octanol–water partition coefficient (Wildman–Crippen LogP) is 2.58. The van der Waals surface area contributed by atoms with Crippen LogP contribution in [-0.2, 0) is 11.2 Å². The van der Waals surface area contributed by atoms with E-state index in [1.54, 1.807) is 7.11 Å². The van der Waals surface area contributed by atoms with Crippen molar-refractivity contribution in [3.63, 3.8) is 0 Å². The maximum absolute atomic E-state index is 5.54. The van der Waals surface area contributed by atoms with Crippen molar-refractivity contribution >= 4 is 0 Å². The lowest BCUT2D eigenvalue weighted by molar-refractivity contribution is 0.0374. The summed E-state index contributed by atoms with van der Waals surface area (Å²) in [5.74, 6) is 1.06. The fourth-order valence-electron chi connectivity index (χ4n) is 2.84. The third-order valence-corrected chi connectivity index (χ3v) is 3.72. The van der Waals surface area contributed by atoms with E-state index in [0.717, 1.165) is 45.0 Å². The van der Waals surface area contributed by atoms with Crippen molar-refractivity contribution in [3.8, 4) is 5.75 Å². The van der Waals surface area contributed by atoms with E-state index < -0.39 is 0 Å². The van der Waals surface area contributed by atoms with Gasteiger partial charge in [0.05, 0.1) is 20.3 Å². The van der Waals surface area contributed by atoms with Crippen LogP contribution in [0.25, 0.3) is 0 Å². The minimum Gasteiger partial charge on any atom is -0.496 e. The van der Waals surface area contributed by atoms with Gasteiger partial charge in [-0.3, -0.25) is 4.90 Å². The number of ether oxygens (including phenoxy) is 2. The summed E-state index contributed by atoms with van der Waals surface area (Å²) in [5, 5.41) is 0. The Bertz CT molecular complexity index is 411. The van der Waals surface area contributed by atoms with E-state index in [-0.39, 0.29) is 0 Å². The lowest BCUT2D eigenvalue weighted by atomic mass is 10.0. The first-order valence-electron chi connectivity index (χ1n) is 7.15. The Hall–Kier alpha value is -1.06. The zero-order valence-electron chi connectivity index (χ0n) is 12.4. The van der Waals surface area contributed by atoms with Crippen LogP contribution in [0.2, 0.25) is 0 Å². The smallest absolute Gasteiger partial charge is 0.124 e. The van der Waals surface area contributed by atoms with Crippen molar-refractivity contribution in [1.29, 1.82) is 0 Å². The van der Waals surface area contributed by atoms with Crippen LogP contribution in [0.4, 0.5) is 0 Å². The van der Waals surface area contributed by atoms with Crippen molar-refractivity contribution in [1.82, 2.24) is 4.90 Å². The molecule has 0 N–H and O–H groups in total. The Kier molecular flexibility index (Phi) is 5.23. The maximum atomic E-state index is 5.54. The topological polar surface area (TPSA) is 21.7 Å². The van der Waals surface area contributed by atoms with Crippen LogP contribution < -0.4 is 4.74 Å². The molecule has 1 aliphatic heterocycles. The van der Waals surface area contributed by atoms with Gasteiger partial charge in [-0.1, -0.05) is 17.7 Å². The molecule has 1 aliphatic rings. The summed E-state index contributed by atoms with van der Waals surface area (Å²) in [6.45, 7) is 9.34. The Balaban J connectivity index is 1.91. The van der Waals surface area contributed by atoms with Crippen molar-refractivity contribution in [2.75, 3.05) is 40.0 Å². The molecule has 1 heterocycles. The van der Waals surface area contributed by atoms with E-state index in [1.165, 1.54) is 23.1 Å². The van der Waals surface area contributed by atoms with Crippen LogP contribution >= 0.6 is 0 Å². The Morgan fingerprint density at radius 2 is 1.95 bits per heavy atom. The highest BCUT2D eigenvalue weighted by Crippen LogP contribution is 2.26. The van der Waals surface area contributed by atoms with Gasteiger partial charge < -0.3 is 9.47 Å². The number of nitrogens with zero attached hydrogens (tertiary/aromatic N) is 1. The molecule has 0 amide bonds. The molecule has 1 fully saturated rings. The lowest BCUT2D eigenvalue weighted by Crippen LogP contribution is -2.36. The van der Waals surface area contributed by atoms with Crippen LogP contribution in [-0.4, -0.2) is 44.9 Å². The number of morpholine rings is 1. The van der Waals surface area contributed by atoms with E-state index in [9.17, 15) is 0 Å². The minimum atomic E-state index is 0.882. The molecule has 0 atom stereocenters. The average Bonchev–Trinajstić information content (AvgIpc) is 2.39. The lowest BCUT2D eigenvalue weighted by Gasteiger charge is -2.26. The predicted molar refractivity (Wildman–Crippen MR) is 78.0 cm³/mol. The highest BCUT2D eigenvalue weighted by Gasteiger charge is 2.11. The van der Waals surface area contributed by atoms with Crippen LogP contribution in [0.15, 0.2) is 12.1 Å². The summed E-state index contributed by atoms with van der Waals surface area (Å²) in [4.78, 5) is 2.48. The highest BCUT2D eigenvalue weighted by atomic mass is 16.5. The summed E-state index contributed by atoms with van der Waals surface area (Å²) in [5.41, 5.74) is 3.90. The molecule has 0 saturated carbocycles. The molecule has 19 heavy (non-hydrogen) atoms. The van der Waals surface area contributed by atoms with Crippen LogP contribution in [0.1, 0.15) is 23.1 Å². The second-order valence-corrected chi connectivity index (χ2v) is 5.33. The van der Waals surface area contributed by atoms with E-state index in [1.807, 2.05) is 0 Å². The van der Waals surface area contributed by atoms with E-state index >= 15 is 0 Å². The van der Waals surface area contributed by atoms with E-state index in [2.05, 4.69) is 30.9 Å². The number of aryl methyl sites for hydroxylation is 3. The average molecular weight is 263 g/mol. The second-order valence-electron chi connectivity index (χ2n) is 5.33. The van der Waals surface area contributed by atoms with Gasteiger partial charge in [0.15, 0.2) is 0 Å². The van der Waals surface area contributed by atoms with Gasteiger partial charge in [0.25, 0.3) is 0 Å². The van der Waals surface area contributed by atoms with Gasteiger partial charge in [-0.2, -0.15) is 0 Å². The fraction of sp³-hybridized carbons (Fsp3) is 0.625. The molecule has 0 aliphatic carbocycles. The highest BCUT2D eigenvalue weighted by molar-refractivity contribution is 5.43. The quantitative estimate of drug-likeness (QED) is 0.815. The van der Waals surface area contributed by atoms with Crippen LogP contribution in [0.5, 0.6) is 5.75 Å². The summed E-state index contributed by atoms with van der Waals surface area (Å²) < 4.78 is 10.9. The number of methoxy groups -OCH3 is 1. The zero-order chi connectivity index (χ0) is 13.7. The Morgan fingerprint density at radius 3 is 2.63 bits per heavy atom. The van der Waals surface area contributed by atoms with E-state index in [4.69, 9.17) is 9.47 Å². The first-order valence-corrected chi connectivity index (χ1v) is 7.15.